The zero-order valence-electron chi connectivity index (χ0n) is 5.59. The molecule has 0 bridgehead atoms. The summed E-state index contributed by atoms with van der Waals surface area (Å²) in [5.41, 5.74) is 0. The summed E-state index contributed by atoms with van der Waals surface area (Å²) in [6.45, 7) is 1.45. The van der Waals surface area contributed by atoms with Crippen molar-refractivity contribution < 1.29 is 14.7 Å². The molecule has 0 aromatic rings. The summed E-state index contributed by atoms with van der Waals surface area (Å²) in [5, 5.41) is 7.40. The topological polar surface area (TPSA) is 54.4 Å². The maximum Gasteiger partial charge on any atom is 0.365 e. The van der Waals surface area contributed by atoms with Gasteiger partial charge < -0.3 is 5.11 Å². The first-order valence-electron chi connectivity index (χ1n) is 3.00. The molecule has 1 rings (SSSR count). The first-order chi connectivity index (χ1) is 4.57. The predicted octanol–water partition coefficient (Wildman–Crippen LogP) is 1.52. The lowest BCUT2D eigenvalue weighted by atomic mass is 10.3. The Bertz CT molecular complexity index is 183. The van der Waals surface area contributed by atoms with Crippen molar-refractivity contribution in [2.45, 2.75) is 24.5 Å². The maximum atomic E-state index is 10.8. The van der Waals surface area contributed by atoms with Crippen LogP contribution in [0.4, 0.5) is 4.79 Å². The lowest BCUT2D eigenvalue weighted by Gasteiger charge is -2.04. The molecular weight excluding hydrogens is 152 g/mol. The van der Waals surface area contributed by atoms with Gasteiger partial charge in [-0.1, -0.05) is 0 Å². The van der Waals surface area contributed by atoms with Gasteiger partial charge in [-0.25, -0.2) is 4.79 Å². The van der Waals surface area contributed by atoms with Gasteiger partial charge in [0.2, 0.25) is 0 Å². The molecular formula is C6H8O3S. The fraction of sp³-hybridized carbons (Fsp3) is 0.667. The van der Waals surface area contributed by atoms with Crippen LogP contribution in [0.15, 0.2) is 0 Å². The molecule has 0 unspecified atom stereocenters. The molecule has 1 fully saturated rings. The minimum Gasteiger partial charge on any atom is -0.473 e. The fourth-order valence-corrected chi connectivity index (χ4v) is 1.59. The van der Waals surface area contributed by atoms with Gasteiger partial charge in [-0.05, 0) is 31.5 Å². The van der Waals surface area contributed by atoms with Crippen LogP contribution < -0.4 is 0 Å². The average molecular weight is 160 g/mol. The highest BCUT2D eigenvalue weighted by molar-refractivity contribution is 8.15. The van der Waals surface area contributed by atoms with Gasteiger partial charge >= 0.3 is 5.30 Å². The van der Waals surface area contributed by atoms with E-state index >= 15 is 0 Å². The Balaban J connectivity index is 2.53. The summed E-state index contributed by atoms with van der Waals surface area (Å²) in [7, 11) is 0. The van der Waals surface area contributed by atoms with E-state index in [0.29, 0.717) is 0 Å². The van der Waals surface area contributed by atoms with Crippen molar-refractivity contribution >= 4 is 22.8 Å². The third kappa shape index (κ3) is 1.31. The average Bonchev–Trinajstić information content (AvgIpc) is 2.46. The SMILES string of the molecule is CC(=O)C1(SC(=O)O)CC1. The van der Waals surface area contributed by atoms with Crippen LogP contribution in [0, 0.1) is 0 Å². The molecule has 4 heteroatoms. The molecule has 56 valence electrons. The van der Waals surface area contributed by atoms with E-state index in [2.05, 4.69) is 0 Å². The zero-order valence-corrected chi connectivity index (χ0v) is 6.40. The van der Waals surface area contributed by atoms with Crippen molar-refractivity contribution in [2.24, 2.45) is 0 Å². The number of hydrogen-bond donors (Lipinski definition) is 1. The van der Waals surface area contributed by atoms with E-state index in [-0.39, 0.29) is 5.78 Å². The van der Waals surface area contributed by atoms with E-state index in [0.717, 1.165) is 24.6 Å². The van der Waals surface area contributed by atoms with Crippen molar-refractivity contribution in [3.8, 4) is 0 Å². The molecule has 0 amide bonds. The summed E-state index contributed by atoms with van der Waals surface area (Å²) >= 11 is 0.743. The van der Waals surface area contributed by atoms with Crippen molar-refractivity contribution in [3.05, 3.63) is 0 Å². The second kappa shape index (κ2) is 2.27. The largest absolute Gasteiger partial charge is 0.473 e. The molecule has 10 heavy (non-hydrogen) atoms. The van der Waals surface area contributed by atoms with Crippen molar-refractivity contribution in [3.63, 3.8) is 0 Å². The first-order valence-corrected chi connectivity index (χ1v) is 3.81. The number of hydrogen-bond acceptors (Lipinski definition) is 3. The fourth-order valence-electron chi connectivity index (χ4n) is 0.807. The Morgan fingerprint density at radius 2 is 2.00 bits per heavy atom. The molecule has 0 spiro atoms. The Morgan fingerprint density at radius 1 is 1.50 bits per heavy atom. The standard InChI is InChI=1S/C6H8O3S/c1-4(7)6(2-3-6)10-5(8)9/h2-3H2,1H3,(H,8,9). The van der Waals surface area contributed by atoms with E-state index in [4.69, 9.17) is 5.11 Å². The molecule has 0 aromatic carbocycles. The lowest BCUT2D eigenvalue weighted by molar-refractivity contribution is -0.117. The van der Waals surface area contributed by atoms with Gasteiger partial charge in [-0.3, -0.25) is 4.79 Å². The van der Waals surface area contributed by atoms with Gasteiger partial charge in [0.25, 0.3) is 0 Å². The normalized spacial score (nSPS) is 20.1. The van der Waals surface area contributed by atoms with Crippen molar-refractivity contribution in [2.75, 3.05) is 0 Å². The number of carboxylic acid groups (broad SMARTS) is 1. The van der Waals surface area contributed by atoms with E-state index in [1.54, 1.807) is 0 Å². The quantitative estimate of drug-likeness (QED) is 0.665. The van der Waals surface area contributed by atoms with E-state index in [1.807, 2.05) is 0 Å². The van der Waals surface area contributed by atoms with Crippen LogP contribution in [0.1, 0.15) is 19.8 Å². The van der Waals surface area contributed by atoms with Gasteiger partial charge in [0.05, 0.1) is 4.75 Å². The van der Waals surface area contributed by atoms with Crippen LogP contribution in [0.3, 0.4) is 0 Å². The van der Waals surface area contributed by atoms with Crippen LogP contribution in [0.2, 0.25) is 0 Å². The summed E-state index contributed by atoms with van der Waals surface area (Å²) in [5.74, 6) is -0.0140. The molecule has 0 saturated heterocycles. The highest BCUT2D eigenvalue weighted by Crippen LogP contribution is 2.49. The van der Waals surface area contributed by atoms with Crippen molar-refractivity contribution in [1.82, 2.24) is 0 Å². The summed E-state index contributed by atoms with van der Waals surface area (Å²) in [6.07, 6.45) is 1.44. The third-order valence-electron chi connectivity index (χ3n) is 1.63. The predicted molar refractivity (Wildman–Crippen MR) is 38.3 cm³/mol. The number of Topliss-reactive ketones (excluding diaryl/α,β-unsaturated/α-hetero) is 1. The summed E-state index contributed by atoms with van der Waals surface area (Å²) < 4.78 is -0.550. The molecule has 0 aromatic heterocycles. The Labute approximate surface area is 62.8 Å². The number of ketones is 1. The van der Waals surface area contributed by atoms with Gasteiger partial charge in [-0.2, -0.15) is 0 Å². The van der Waals surface area contributed by atoms with Gasteiger partial charge in [0.1, 0.15) is 5.78 Å². The minimum absolute atomic E-state index is 0.0140. The smallest absolute Gasteiger partial charge is 0.365 e. The Hall–Kier alpha value is -0.510. The highest BCUT2D eigenvalue weighted by atomic mass is 32.2. The maximum absolute atomic E-state index is 10.8. The number of thioether (sulfide) groups is 1. The number of carbonyl (C=O) groups is 2. The van der Waals surface area contributed by atoms with Crippen LogP contribution in [0.5, 0.6) is 0 Å². The molecule has 3 nitrogen and oxygen atoms in total. The summed E-state index contributed by atoms with van der Waals surface area (Å²) in [4.78, 5) is 20.9. The number of rotatable bonds is 2. The van der Waals surface area contributed by atoms with Gasteiger partial charge in [0, 0.05) is 0 Å². The molecule has 1 N–H and O–H groups in total. The third-order valence-corrected chi connectivity index (χ3v) is 2.89. The van der Waals surface area contributed by atoms with E-state index < -0.39 is 10.0 Å². The second-order valence-electron chi connectivity index (χ2n) is 2.42. The molecule has 1 aliphatic carbocycles. The molecule has 1 aliphatic rings. The molecule has 1 saturated carbocycles. The van der Waals surface area contributed by atoms with Crippen molar-refractivity contribution in [1.29, 1.82) is 0 Å². The second-order valence-corrected chi connectivity index (χ2v) is 3.75. The van der Waals surface area contributed by atoms with Crippen LogP contribution >= 0.6 is 11.8 Å². The van der Waals surface area contributed by atoms with E-state index in [9.17, 15) is 9.59 Å². The molecule has 0 atom stereocenters. The molecule has 0 radical (unpaired) electrons. The Kier molecular flexibility index (Phi) is 1.72. The first kappa shape index (κ1) is 7.60. The van der Waals surface area contributed by atoms with Crippen LogP contribution in [0.25, 0.3) is 0 Å². The van der Waals surface area contributed by atoms with Gasteiger partial charge in [0.15, 0.2) is 0 Å². The van der Waals surface area contributed by atoms with Crippen LogP contribution in [-0.2, 0) is 4.79 Å². The summed E-state index contributed by atoms with van der Waals surface area (Å²) in [6, 6.07) is 0. The minimum atomic E-state index is -0.951. The highest BCUT2D eigenvalue weighted by Gasteiger charge is 2.50. The lowest BCUT2D eigenvalue weighted by Crippen LogP contribution is -2.16. The van der Waals surface area contributed by atoms with Crippen LogP contribution in [-0.4, -0.2) is 20.9 Å². The Morgan fingerprint density at radius 3 is 2.10 bits per heavy atom. The van der Waals surface area contributed by atoms with Gasteiger partial charge in [-0.15, -0.1) is 0 Å². The molecule has 0 heterocycles. The number of carbonyl (C=O) groups excluding carboxylic acids is 1. The monoisotopic (exact) mass is 160 g/mol. The molecule has 0 aliphatic heterocycles. The van der Waals surface area contributed by atoms with E-state index in [1.165, 1.54) is 6.92 Å². The zero-order chi connectivity index (χ0) is 7.78.